The van der Waals surface area contributed by atoms with Gasteiger partial charge in [0, 0.05) is 5.56 Å². The second kappa shape index (κ2) is 5.57. The molecule has 0 saturated heterocycles. The lowest BCUT2D eigenvalue weighted by molar-refractivity contribution is 0.0512. The summed E-state index contributed by atoms with van der Waals surface area (Å²) in [5.74, 6) is -1.40. The molecule has 0 aliphatic carbocycles. The predicted octanol–water partition coefficient (Wildman–Crippen LogP) is 1.20. The quantitative estimate of drug-likeness (QED) is 0.811. The van der Waals surface area contributed by atoms with Gasteiger partial charge in [-0.15, -0.1) is 10.2 Å². The molecule has 1 unspecified atom stereocenters. The predicted molar refractivity (Wildman–Crippen MR) is 62.8 cm³/mol. The largest absolute Gasteiger partial charge is 0.460 e. The van der Waals surface area contributed by atoms with E-state index in [4.69, 9.17) is 4.74 Å². The first-order valence-electron chi connectivity index (χ1n) is 5.65. The fraction of sp³-hybridized carbons (Fsp3) is 0.250. The Bertz CT molecular complexity index is 585. The summed E-state index contributed by atoms with van der Waals surface area (Å²) in [6.07, 6.45) is -1.32. The maximum atomic E-state index is 13.5. The molecule has 0 bridgehead atoms. The van der Waals surface area contributed by atoms with Crippen LogP contribution in [0.1, 0.15) is 35.0 Å². The van der Waals surface area contributed by atoms with E-state index < -0.39 is 17.9 Å². The number of aliphatic hydroxyl groups excluding tert-OH is 1. The van der Waals surface area contributed by atoms with Crippen molar-refractivity contribution in [1.29, 1.82) is 0 Å². The molecule has 1 heterocycles. The molecule has 1 aromatic carbocycles. The Hall–Kier alpha value is -2.28. The summed E-state index contributed by atoms with van der Waals surface area (Å²) in [6.45, 7) is 1.86. The van der Waals surface area contributed by atoms with E-state index in [-0.39, 0.29) is 23.8 Å². The van der Waals surface area contributed by atoms with Crippen molar-refractivity contribution < 1.29 is 19.0 Å². The number of halogens is 1. The molecule has 2 rings (SSSR count). The molecule has 1 atom stereocenters. The molecule has 0 saturated carbocycles. The van der Waals surface area contributed by atoms with Crippen LogP contribution >= 0.6 is 0 Å². The van der Waals surface area contributed by atoms with Gasteiger partial charge in [0.25, 0.3) is 0 Å². The van der Waals surface area contributed by atoms with Crippen molar-refractivity contribution in [2.24, 2.45) is 0 Å². The Morgan fingerprint density at radius 3 is 2.89 bits per heavy atom. The number of hydrogen-bond donors (Lipinski definition) is 2. The number of aliphatic hydroxyl groups is 1. The summed E-state index contributed by atoms with van der Waals surface area (Å²) in [5.41, 5.74) is 0.0501. The Balaban J connectivity index is 2.23. The number of benzene rings is 1. The molecule has 19 heavy (non-hydrogen) atoms. The summed E-state index contributed by atoms with van der Waals surface area (Å²) < 4.78 is 18.2. The summed E-state index contributed by atoms with van der Waals surface area (Å²) in [6, 6.07) is 5.74. The molecule has 7 heteroatoms. The third-order valence-corrected chi connectivity index (χ3v) is 2.43. The molecule has 2 N–H and O–H groups in total. The lowest BCUT2D eigenvalue weighted by atomic mass is 10.1. The highest BCUT2D eigenvalue weighted by atomic mass is 19.1. The van der Waals surface area contributed by atoms with Crippen LogP contribution in [0.15, 0.2) is 24.3 Å². The molecule has 0 fully saturated rings. The average molecular weight is 265 g/mol. The number of H-pyrrole nitrogens is 1. The lowest BCUT2D eigenvalue weighted by Gasteiger charge is -2.07. The van der Waals surface area contributed by atoms with Gasteiger partial charge in [0.15, 0.2) is 5.82 Å². The Morgan fingerprint density at radius 1 is 1.47 bits per heavy atom. The monoisotopic (exact) mass is 265 g/mol. The molecule has 0 amide bonds. The molecule has 6 nitrogen and oxygen atoms in total. The summed E-state index contributed by atoms with van der Waals surface area (Å²) in [5, 5.41) is 17.1. The van der Waals surface area contributed by atoms with Crippen LogP contribution in [0.5, 0.6) is 0 Å². The van der Waals surface area contributed by atoms with Gasteiger partial charge in [0.2, 0.25) is 5.82 Å². The van der Waals surface area contributed by atoms with E-state index in [9.17, 15) is 14.3 Å². The zero-order chi connectivity index (χ0) is 13.8. The number of carbonyl (C=O) groups excluding carboxylic acids is 1. The number of nitrogens with one attached hydrogen (secondary N) is 1. The number of carbonyl (C=O) groups is 1. The van der Waals surface area contributed by atoms with E-state index in [1.165, 1.54) is 18.2 Å². The number of nitrogens with zero attached hydrogens (tertiary/aromatic N) is 2. The molecule has 0 aliphatic heterocycles. The topological polar surface area (TPSA) is 88.1 Å². The van der Waals surface area contributed by atoms with Crippen LogP contribution < -0.4 is 0 Å². The minimum atomic E-state index is -1.32. The third-order valence-electron chi connectivity index (χ3n) is 2.43. The summed E-state index contributed by atoms with van der Waals surface area (Å²) >= 11 is 0. The maximum Gasteiger partial charge on any atom is 0.376 e. The SMILES string of the molecule is CCOC(=O)c1nnc(C(O)c2ccccc2F)[nH]1. The van der Waals surface area contributed by atoms with E-state index in [0.717, 1.165) is 0 Å². The van der Waals surface area contributed by atoms with Crippen LogP contribution in [0.25, 0.3) is 0 Å². The number of aromatic nitrogens is 3. The van der Waals surface area contributed by atoms with E-state index in [2.05, 4.69) is 15.2 Å². The van der Waals surface area contributed by atoms with E-state index >= 15 is 0 Å². The van der Waals surface area contributed by atoms with Crippen LogP contribution in [-0.4, -0.2) is 32.9 Å². The third kappa shape index (κ3) is 2.76. The molecule has 1 aromatic heterocycles. The van der Waals surface area contributed by atoms with Crippen molar-refractivity contribution in [2.45, 2.75) is 13.0 Å². The van der Waals surface area contributed by atoms with Crippen LogP contribution in [0.3, 0.4) is 0 Å². The van der Waals surface area contributed by atoms with Crippen molar-refractivity contribution >= 4 is 5.97 Å². The smallest absolute Gasteiger partial charge is 0.376 e. The highest BCUT2D eigenvalue weighted by Gasteiger charge is 2.21. The zero-order valence-corrected chi connectivity index (χ0v) is 10.1. The summed E-state index contributed by atoms with van der Waals surface area (Å²) in [7, 11) is 0. The first kappa shape index (κ1) is 13.2. The zero-order valence-electron chi connectivity index (χ0n) is 10.1. The van der Waals surface area contributed by atoms with Gasteiger partial charge in [-0.2, -0.15) is 0 Å². The second-order valence-electron chi connectivity index (χ2n) is 3.70. The second-order valence-corrected chi connectivity index (χ2v) is 3.70. The van der Waals surface area contributed by atoms with E-state index in [1.807, 2.05) is 0 Å². The van der Waals surface area contributed by atoms with Crippen molar-refractivity contribution in [3.05, 3.63) is 47.3 Å². The van der Waals surface area contributed by atoms with Gasteiger partial charge in [-0.05, 0) is 13.0 Å². The first-order valence-corrected chi connectivity index (χ1v) is 5.65. The van der Waals surface area contributed by atoms with E-state index in [0.29, 0.717) is 0 Å². The van der Waals surface area contributed by atoms with Crippen molar-refractivity contribution in [2.75, 3.05) is 6.61 Å². The molecule has 0 aliphatic rings. The normalized spacial score (nSPS) is 12.2. The molecule has 100 valence electrons. The minimum absolute atomic E-state index is 0.0202. The molecule has 0 spiro atoms. The fourth-order valence-electron chi connectivity index (χ4n) is 1.53. The Morgan fingerprint density at radius 2 is 2.21 bits per heavy atom. The van der Waals surface area contributed by atoms with Crippen LogP contribution in [-0.2, 0) is 4.74 Å². The van der Waals surface area contributed by atoms with Gasteiger partial charge in [0.05, 0.1) is 6.61 Å². The van der Waals surface area contributed by atoms with Gasteiger partial charge >= 0.3 is 5.97 Å². The van der Waals surface area contributed by atoms with Crippen LogP contribution in [0, 0.1) is 5.82 Å². The van der Waals surface area contributed by atoms with Gasteiger partial charge < -0.3 is 14.8 Å². The van der Waals surface area contributed by atoms with Crippen molar-refractivity contribution in [1.82, 2.24) is 15.2 Å². The number of ether oxygens (including phenoxy) is 1. The molecule has 0 radical (unpaired) electrons. The van der Waals surface area contributed by atoms with Gasteiger partial charge in [-0.25, -0.2) is 9.18 Å². The molecule has 2 aromatic rings. The standard InChI is InChI=1S/C12H12FN3O3/c1-2-19-12(18)11-14-10(15-16-11)9(17)7-5-3-4-6-8(7)13/h3-6,9,17H,2H2,1H3,(H,14,15,16). The number of esters is 1. The Kier molecular flexibility index (Phi) is 3.86. The minimum Gasteiger partial charge on any atom is -0.460 e. The van der Waals surface area contributed by atoms with Crippen LogP contribution in [0.2, 0.25) is 0 Å². The van der Waals surface area contributed by atoms with Crippen LogP contribution in [0.4, 0.5) is 4.39 Å². The van der Waals surface area contributed by atoms with Crippen molar-refractivity contribution in [3.8, 4) is 0 Å². The summed E-state index contributed by atoms with van der Waals surface area (Å²) in [4.78, 5) is 13.9. The lowest BCUT2D eigenvalue weighted by Crippen LogP contribution is -2.08. The van der Waals surface area contributed by atoms with Gasteiger partial charge in [-0.3, -0.25) is 0 Å². The number of hydrogen-bond acceptors (Lipinski definition) is 5. The molecular weight excluding hydrogens is 253 g/mol. The maximum absolute atomic E-state index is 13.5. The number of rotatable bonds is 4. The highest BCUT2D eigenvalue weighted by molar-refractivity contribution is 5.84. The number of aromatic amines is 1. The average Bonchev–Trinajstić information content (AvgIpc) is 2.88. The van der Waals surface area contributed by atoms with Gasteiger partial charge in [0.1, 0.15) is 11.9 Å². The first-order chi connectivity index (χ1) is 9.13. The molecular formula is C12H12FN3O3. The fourth-order valence-corrected chi connectivity index (χ4v) is 1.53. The van der Waals surface area contributed by atoms with Gasteiger partial charge in [-0.1, -0.05) is 18.2 Å². The Labute approximate surface area is 108 Å². The van der Waals surface area contributed by atoms with Crippen molar-refractivity contribution in [3.63, 3.8) is 0 Å². The van der Waals surface area contributed by atoms with E-state index in [1.54, 1.807) is 13.0 Å². The highest BCUT2D eigenvalue weighted by Crippen LogP contribution is 2.21.